The monoisotopic (exact) mass is 246 g/mol. The highest BCUT2D eigenvalue weighted by Crippen LogP contribution is 2.66. The van der Waals surface area contributed by atoms with Crippen molar-refractivity contribution in [3.05, 3.63) is 30.3 Å². The first kappa shape index (κ1) is 11.6. The van der Waals surface area contributed by atoms with E-state index in [0.717, 1.165) is 11.3 Å². The van der Waals surface area contributed by atoms with Crippen molar-refractivity contribution >= 4 is 18.0 Å². The van der Waals surface area contributed by atoms with Gasteiger partial charge in [-0.3, -0.25) is 0 Å². The molecule has 2 heterocycles. The molecule has 0 spiro atoms. The summed E-state index contributed by atoms with van der Waals surface area (Å²) in [5.41, 5.74) is 2.03. The van der Waals surface area contributed by atoms with Crippen LogP contribution in [0.5, 0.6) is 0 Å². The molecule has 1 aromatic carbocycles. The van der Waals surface area contributed by atoms with E-state index in [9.17, 15) is 0 Å². The lowest BCUT2D eigenvalue weighted by molar-refractivity contribution is 0.556. The van der Waals surface area contributed by atoms with Crippen LogP contribution in [0.15, 0.2) is 30.3 Å². The second kappa shape index (κ2) is 4.65. The molecular weight excluding hydrogens is 223 g/mol. The third-order valence-electron chi connectivity index (χ3n) is 5.00. The fourth-order valence-electron chi connectivity index (χ4n) is 4.26. The van der Waals surface area contributed by atoms with E-state index in [2.05, 4.69) is 43.1 Å². The van der Waals surface area contributed by atoms with Crippen molar-refractivity contribution in [3.8, 4) is 0 Å². The first-order valence-electron chi connectivity index (χ1n) is 7.12. The van der Waals surface area contributed by atoms with Crippen LogP contribution in [-0.2, 0) is 0 Å². The Labute approximate surface area is 105 Å². The van der Waals surface area contributed by atoms with Gasteiger partial charge in [0, 0.05) is 0 Å². The minimum absolute atomic E-state index is 0.963. The maximum atomic E-state index is 2.65. The summed E-state index contributed by atoms with van der Waals surface area (Å²) >= 11 is 0. The lowest BCUT2D eigenvalue weighted by Crippen LogP contribution is -2.19. The molecule has 2 saturated heterocycles. The standard InChI is InChI=1S/C16H23P/c1-2-17(14-8-4-3-5-9-14)15-10-6-7-11-16(17)13-12-15/h2-5,8-9,15-16H,6-7,10-13H2,1H3/t15-,16+,17?. The normalized spacial score (nSPS) is 36.5. The van der Waals surface area contributed by atoms with Crippen molar-refractivity contribution in [2.24, 2.45) is 0 Å². The van der Waals surface area contributed by atoms with E-state index in [1.54, 1.807) is 5.30 Å². The number of hydrogen-bond donors (Lipinski definition) is 0. The first-order valence-corrected chi connectivity index (χ1v) is 9.12. The van der Waals surface area contributed by atoms with Crippen LogP contribution in [0, 0.1) is 0 Å². The summed E-state index contributed by atoms with van der Waals surface area (Å²) in [6.07, 6.45) is 8.93. The zero-order valence-corrected chi connectivity index (χ0v) is 11.7. The van der Waals surface area contributed by atoms with E-state index in [4.69, 9.17) is 0 Å². The highest BCUT2D eigenvalue weighted by molar-refractivity contribution is 7.83. The first-order chi connectivity index (χ1) is 8.38. The van der Waals surface area contributed by atoms with Gasteiger partial charge in [0.15, 0.2) is 0 Å². The van der Waals surface area contributed by atoms with Gasteiger partial charge in [-0.25, -0.2) is 0 Å². The molecule has 17 heavy (non-hydrogen) atoms. The topological polar surface area (TPSA) is 0 Å². The van der Waals surface area contributed by atoms with Crippen LogP contribution in [0.2, 0.25) is 0 Å². The molecule has 2 bridgehead atoms. The average molecular weight is 246 g/mol. The predicted molar refractivity (Wildman–Crippen MR) is 80.0 cm³/mol. The van der Waals surface area contributed by atoms with E-state index in [-0.39, 0.29) is 0 Å². The molecule has 3 atom stereocenters. The van der Waals surface area contributed by atoms with Crippen molar-refractivity contribution in [2.45, 2.75) is 56.8 Å². The smallest absolute Gasteiger partial charge is 0.0173 e. The summed E-state index contributed by atoms with van der Waals surface area (Å²) in [5, 5.41) is 1.69. The van der Waals surface area contributed by atoms with Crippen molar-refractivity contribution in [1.82, 2.24) is 0 Å². The Hall–Kier alpha value is -0.480. The molecule has 0 nitrogen and oxygen atoms in total. The number of rotatable bonds is 1. The average Bonchev–Trinajstić information content (AvgIpc) is 2.60. The molecule has 0 saturated carbocycles. The Bertz CT molecular complexity index is 414. The molecule has 2 fully saturated rings. The molecule has 0 amide bonds. The van der Waals surface area contributed by atoms with Crippen LogP contribution >= 0.6 is 6.89 Å². The Balaban J connectivity index is 2.14. The molecule has 1 unspecified atom stereocenters. The Morgan fingerprint density at radius 1 is 0.941 bits per heavy atom. The largest absolute Gasteiger partial charge is 0.0848 e. The van der Waals surface area contributed by atoms with Crippen LogP contribution in [0.1, 0.15) is 45.4 Å². The molecular formula is C16H23P. The molecule has 1 aromatic rings. The zero-order chi connectivity index (χ0) is 11.7. The Morgan fingerprint density at radius 2 is 1.53 bits per heavy atom. The van der Waals surface area contributed by atoms with Crippen molar-refractivity contribution < 1.29 is 0 Å². The fourth-order valence-corrected chi connectivity index (χ4v) is 9.91. The summed E-state index contributed by atoms with van der Waals surface area (Å²) in [6, 6.07) is 11.5. The molecule has 0 radical (unpaired) electrons. The van der Waals surface area contributed by atoms with Crippen LogP contribution in [-0.4, -0.2) is 17.1 Å². The zero-order valence-electron chi connectivity index (χ0n) is 10.8. The molecule has 0 N–H and O–H groups in total. The highest BCUT2D eigenvalue weighted by Gasteiger charge is 2.42. The van der Waals surface area contributed by atoms with Gasteiger partial charge in [0.05, 0.1) is 0 Å². The Kier molecular flexibility index (Phi) is 3.17. The van der Waals surface area contributed by atoms with Gasteiger partial charge < -0.3 is 0 Å². The summed E-state index contributed by atoms with van der Waals surface area (Å²) < 4.78 is 0. The van der Waals surface area contributed by atoms with Crippen LogP contribution in [0.3, 0.4) is 0 Å². The summed E-state index contributed by atoms with van der Waals surface area (Å²) in [6.45, 7) is 1.38. The molecule has 3 rings (SSSR count). The molecule has 0 aromatic heterocycles. The minimum Gasteiger partial charge on any atom is -0.0848 e. The van der Waals surface area contributed by atoms with Crippen LogP contribution < -0.4 is 5.30 Å². The molecule has 1 heteroatoms. The molecule has 2 aliphatic rings. The van der Waals surface area contributed by atoms with E-state index in [0.29, 0.717) is 0 Å². The van der Waals surface area contributed by atoms with Gasteiger partial charge in [0.1, 0.15) is 0 Å². The van der Waals surface area contributed by atoms with Gasteiger partial charge in [0.2, 0.25) is 0 Å². The highest BCUT2D eigenvalue weighted by atomic mass is 31.2. The summed E-state index contributed by atoms with van der Waals surface area (Å²) in [7, 11) is 0. The maximum Gasteiger partial charge on any atom is -0.0173 e. The second-order valence-electron chi connectivity index (χ2n) is 5.60. The van der Waals surface area contributed by atoms with Crippen molar-refractivity contribution in [1.29, 1.82) is 0 Å². The van der Waals surface area contributed by atoms with E-state index < -0.39 is 6.89 Å². The molecule has 0 aliphatic carbocycles. The van der Waals surface area contributed by atoms with E-state index in [1.807, 2.05) is 0 Å². The van der Waals surface area contributed by atoms with Gasteiger partial charge in [-0.15, -0.1) is 0 Å². The lowest BCUT2D eigenvalue weighted by Gasteiger charge is -2.32. The van der Waals surface area contributed by atoms with Gasteiger partial charge in [0.25, 0.3) is 0 Å². The summed E-state index contributed by atoms with van der Waals surface area (Å²) in [5.74, 6) is 2.65. The molecule has 2 aliphatic heterocycles. The van der Waals surface area contributed by atoms with Crippen molar-refractivity contribution in [3.63, 3.8) is 0 Å². The van der Waals surface area contributed by atoms with E-state index in [1.165, 1.54) is 38.5 Å². The summed E-state index contributed by atoms with van der Waals surface area (Å²) in [4.78, 5) is 0. The lowest BCUT2D eigenvalue weighted by atomic mass is 10.0. The minimum atomic E-state index is -0.963. The van der Waals surface area contributed by atoms with Gasteiger partial charge >= 0.3 is 0 Å². The SMILES string of the molecule is CC=P1(c2ccccc2)[C@@H]2CCCC[C@H]1CC2. The second-order valence-corrected chi connectivity index (χ2v) is 9.76. The number of fused-ring (bicyclic) bond motifs is 2. The van der Waals surface area contributed by atoms with Crippen molar-refractivity contribution in [2.75, 3.05) is 0 Å². The predicted octanol–water partition coefficient (Wildman–Crippen LogP) is 4.26. The fraction of sp³-hybridized carbons (Fsp3) is 0.562. The van der Waals surface area contributed by atoms with Gasteiger partial charge in [-0.1, -0.05) is 55.9 Å². The number of benzene rings is 1. The Morgan fingerprint density at radius 3 is 2.06 bits per heavy atom. The molecule has 92 valence electrons. The number of hydrogen-bond acceptors (Lipinski definition) is 0. The third kappa shape index (κ3) is 1.73. The van der Waals surface area contributed by atoms with Gasteiger partial charge in [-0.2, -0.15) is 0 Å². The maximum absolute atomic E-state index is 2.65. The van der Waals surface area contributed by atoms with Crippen LogP contribution in [0.4, 0.5) is 0 Å². The van der Waals surface area contributed by atoms with Crippen LogP contribution in [0.25, 0.3) is 0 Å². The van der Waals surface area contributed by atoms with Gasteiger partial charge in [-0.05, 0) is 49.2 Å². The quantitative estimate of drug-likeness (QED) is 0.650. The third-order valence-corrected chi connectivity index (χ3v) is 10.5. The van der Waals surface area contributed by atoms with E-state index >= 15 is 0 Å².